The standard InChI is InChI=1S/C22H19BrN2O3/c1-27-21-4-2-3-18(13-21)22(26)25-24-14-16-7-11-20(12-8-16)28-15-17-5-9-19(23)10-6-17/h2-14H,15H2,1H3,(H,25,26)/b24-14+. The molecule has 0 unspecified atom stereocenters. The van der Waals surface area contributed by atoms with Crippen molar-refractivity contribution in [2.45, 2.75) is 6.61 Å². The van der Waals surface area contributed by atoms with Crippen LogP contribution in [0.3, 0.4) is 0 Å². The van der Waals surface area contributed by atoms with Gasteiger partial charge >= 0.3 is 0 Å². The first-order valence-corrected chi connectivity index (χ1v) is 9.38. The Balaban J connectivity index is 1.51. The minimum absolute atomic E-state index is 0.301. The highest BCUT2D eigenvalue weighted by Gasteiger charge is 2.05. The lowest BCUT2D eigenvalue weighted by Gasteiger charge is -2.06. The van der Waals surface area contributed by atoms with Crippen molar-refractivity contribution in [2.24, 2.45) is 5.10 Å². The summed E-state index contributed by atoms with van der Waals surface area (Å²) < 4.78 is 11.9. The zero-order valence-electron chi connectivity index (χ0n) is 15.3. The van der Waals surface area contributed by atoms with Crippen LogP contribution in [0.5, 0.6) is 11.5 Å². The van der Waals surface area contributed by atoms with E-state index in [1.54, 1.807) is 37.6 Å². The molecule has 0 saturated carbocycles. The molecule has 1 amide bonds. The molecule has 0 aliphatic rings. The molecule has 0 bridgehead atoms. The summed E-state index contributed by atoms with van der Waals surface area (Å²) in [5.74, 6) is 1.08. The third kappa shape index (κ3) is 5.69. The van der Waals surface area contributed by atoms with Gasteiger partial charge in [-0.2, -0.15) is 5.10 Å². The molecule has 0 fully saturated rings. The molecule has 0 saturated heterocycles. The predicted molar refractivity (Wildman–Crippen MR) is 113 cm³/mol. The molecule has 0 aliphatic carbocycles. The lowest BCUT2D eigenvalue weighted by molar-refractivity contribution is 0.0955. The fourth-order valence-corrected chi connectivity index (χ4v) is 2.66. The number of amides is 1. The van der Waals surface area contributed by atoms with E-state index in [1.165, 1.54) is 0 Å². The van der Waals surface area contributed by atoms with Gasteiger partial charge in [0.25, 0.3) is 5.91 Å². The van der Waals surface area contributed by atoms with Gasteiger partial charge in [0.15, 0.2) is 0 Å². The number of hydrogen-bond donors (Lipinski definition) is 1. The van der Waals surface area contributed by atoms with Crippen LogP contribution in [0.4, 0.5) is 0 Å². The second-order valence-corrected chi connectivity index (χ2v) is 6.83. The van der Waals surface area contributed by atoms with Crippen molar-refractivity contribution in [3.8, 4) is 11.5 Å². The molecular weight excluding hydrogens is 420 g/mol. The number of benzene rings is 3. The first-order valence-electron chi connectivity index (χ1n) is 8.59. The molecule has 28 heavy (non-hydrogen) atoms. The van der Waals surface area contributed by atoms with E-state index in [2.05, 4.69) is 26.5 Å². The van der Waals surface area contributed by atoms with E-state index in [0.29, 0.717) is 17.9 Å². The van der Waals surface area contributed by atoms with Gasteiger partial charge in [-0.05, 0) is 65.7 Å². The molecule has 0 aliphatic heterocycles. The van der Waals surface area contributed by atoms with Gasteiger partial charge in [-0.15, -0.1) is 0 Å². The fourth-order valence-electron chi connectivity index (χ4n) is 2.39. The summed E-state index contributed by atoms with van der Waals surface area (Å²) >= 11 is 3.41. The summed E-state index contributed by atoms with van der Waals surface area (Å²) in [7, 11) is 1.56. The SMILES string of the molecule is COc1cccc(C(=O)N/N=C/c2ccc(OCc3ccc(Br)cc3)cc2)c1. The molecule has 0 aromatic heterocycles. The van der Waals surface area contributed by atoms with Gasteiger partial charge in [0.1, 0.15) is 18.1 Å². The lowest BCUT2D eigenvalue weighted by Crippen LogP contribution is -2.17. The first-order chi connectivity index (χ1) is 13.6. The number of carbonyl (C=O) groups excluding carboxylic acids is 1. The number of nitrogens with zero attached hydrogens (tertiary/aromatic N) is 1. The van der Waals surface area contributed by atoms with E-state index in [4.69, 9.17) is 9.47 Å². The molecule has 3 aromatic carbocycles. The van der Waals surface area contributed by atoms with Crippen molar-refractivity contribution in [3.05, 3.63) is 94.0 Å². The van der Waals surface area contributed by atoms with E-state index < -0.39 is 0 Å². The van der Waals surface area contributed by atoms with Crippen LogP contribution in [-0.4, -0.2) is 19.2 Å². The smallest absolute Gasteiger partial charge is 0.271 e. The molecule has 0 radical (unpaired) electrons. The average molecular weight is 439 g/mol. The zero-order chi connectivity index (χ0) is 19.8. The maximum Gasteiger partial charge on any atom is 0.271 e. The second kappa shape index (κ2) is 9.71. The number of hydrazone groups is 1. The normalized spacial score (nSPS) is 10.6. The molecule has 0 heterocycles. The van der Waals surface area contributed by atoms with Crippen molar-refractivity contribution in [1.82, 2.24) is 5.43 Å². The predicted octanol–water partition coefficient (Wildman–Crippen LogP) is 4.80. The van der Waals surface area contributed by atoms with Crippen LogP contribution >= 0.6 is 15.9 Å². The summed E-state index contributed by atoms with van der Waals surface area (Å²) in [5, 5.41) is 3.99. The van der Waals surface area contributed by atoms with E-state index in [-0.39, 0.29) is 5.91 Å². The number of hydrogen-bond acceptors (Lipinski definition) is 4. The minimum atomic E-state index is -0.301. The maximum absolute atomic E-state index is 12.1. The average Bonchev–Trinajstić information content (AvgIpc) is 2.74. The maximum atomic E-state index is 12.1. The first kappa shape index (κ1) is 19.6. The summed E-state index contributed by atoms with van der Waals surface area (Å²) in [4.78, 5) is 12.1. The van der Waals surface area contributed by atoms with E-state index >= 15 is 0 Å². The third-order valence-electron chi connectivity index (χ3n) is 3.91. The molecule has 0 atom stereocenters. The Bertz CT molecular complexity index is 954. The molecule has 5 nitrogen and oxygen atoms in total. The van der Waals surface area contributed by atoms with E-state index in [0.717, 1.165) is 21.3 Å². The summed E-state index contributed by atoms with van der Waals surface area (Å²) in [6, 6.07) is 22.4. The van der Waals surface area contributed by atoms with Crippen molar-refractivity contribution >= 4 is 28.1 Å². The van der Waals surface area contributed by atoms with Gasteiger partial charge in [0.05, 0.1) is 13.3 Å². The van der Waals surface area contributed by atoms with Crippen LogP contribution < -0.4 is 14.9 Å². The molecule has 1 N–H and O–H groups in total. The highest BCUT2D eigenvalue weighted by Crippen LogP contribution is 2.16. The van der Waals surface area contributed by atoms with Crippen LogP contribution in [0.25, 0.3) is 0 Å². The van der Waals surface area contributed by atoms with Crippen molar-refractivity contribution < 1.29 is 14.3 Å². The largest absolute Gasteiger partial charge is 0.497 e. The minimum Gasteiger partial charge on any atom is -0.497 e. The Morgan fingerprint density at radius 2 is 1.79 bits per heavy atom. The number of carbonyl (C=O) groups is 1. The Morgan fingerprint density at radius 3 is 2.50 bits per heavy atom. The van der Waals surface area contributed by atoms with Crippen molar-refractivity contribution in [1.29, 1.82) is 0 Å². The summed E-state index contributed by atoms with van der Waals surface area (Å²) in [6.07, 6.45) is 1.58. The van der Waals surface area contributed by atoms with Crippen LogP contribution in [0.15, 0.2) is 82.4 Å². The van der Waals surface area contributed by atoms with Gasteiger partial charge in [-0.25, -0.2) is 5.43 Å². The summed E-state index contributed by atoms with van der Waals surface area (Å²) in [5.41, 5.74) is 4.92. The summed E-state index contributed by atoms with van der Waals surface area (Å²) in [6.45, 7) is 0.497. The molecule has 0 spiro atoms. The van der Waals surface area contributed by atoms with Gasteiger partial charge in [0.2, 0.25) is 0 Å². The molecule has 142 valence electrons. The Kier molecular flexibility index (Phi) is 6.81. The number of ether oxygens (including phenoxy) is 2. The number of rotatable bonds is 7. The number of halogens is 1. The van der Waals surface area contributed by atoms with Gasteiger partial charge in [0, 0.05) is 10.0 Å². The molecule has 3 aromatic rings. The zero-order valence-corrected chi connectivity index (χ0v) is 16.8. The Labute approximate surface area is 172 Å². The molecule has 3 rings (SSSR count). The molecular formula is C22H19BrN2O3. The topological polar surface area (TPSA) is 59.9 Å². The van der Waals surface area contributed by atoms with Crippen LogP contribution in [-0.2, 0) is 6.61 Å². The van der Waals surface area contributed by atoms with Crippen molar-refractivity contribution in [2.75, 3.05) is 7.11 Å². The highest BCUT2D eigenvalue weighted by molar-refractivity contribution is 9.10. The van der Waals surface area contributed by atoms with Crippen LogP contribution in [0.2, 0.25) is 0 Å². The Morgan fingerprint density at radius 1 is 1.04 bits per heavy atom. The van der Waals surface area contributed by atoms with Crippen LogP contribution in [0.1, 0.15) is 21.5 Å². The quantitative estimate of drug-likeness (QED) is 0.425. The monoisotopic (exact) mass is 438 g/mol. The lowest BCUT2D eigenvalue weighted by atomic mass is 10.2. The third-order valence-corrected chi connectivity index (χ3v) is 4.44. The molecule has 6 heteroatoms. The van der Waals surface area contributed by atoms with Gasteiger partial charge in [-0.3, -0.25) is 4.79 Å². The van der Waals surface area contributed by atoms with Gasteiger partial charge < -0.3 is 9.47 Å². The van der Waals surface area contributed by atoms with Crippen LogP contribution in [0, 0.1) is 0 Å². The van der Waals surface area contributed by atoms with E-state index in [1.807, 2.05) is 48.5 Å². The van der Waals surface area contributed by atoms with E-state index in [9.17, 15) is 4.79 Å². The number of methoxy groups -OCH3 is 1. The van der Waals surface area contributed by atoms with Crippen molar-refractivity contribution in [3.63, 3.8) is 0 Å². The van der Waals surface area contributed by atoms with Gasteiger partial charge in [-0.1, -0.05) is 34.1 Å². The Hall–Kier alpha value is -3.12. The fraction of sp³-hybridized carbons (Fsp3) is 0.0909. The number of nitrogens with one attached hydrogen (secondary N) is 1. The second-order valence-electron chi connectivity index (χ2n) is 5.92. The highest BCUT2D eigenvalue weighted by atomic mass is 79.9.